The highest BCUT2D eigenvalue weighted by Crippen LogP contribution is 2.31. The second-order valence-electron chi connectivity index (χ2n) is 6.70. The number of oxazole rings is 1. The number of rotatable bonds is 4. The average molecular weight is 471 g/mol. The second kappa shape index (κ2) is 7.89. The lowest BCUT2D eigenvalue weighted by Gasteiger charge is -2.11. The zero-order valence-electron chi connectivity index (χ0n) is 15.7. The molecule has 0 spiro atoms. The van der Waals surface area contributed by atoms with Crippen molar-refractivity contribution in [3.8, 4) is 17.2 Å². The van der Waals surface area contributed by atoms with Crippen LogP contribution in [0.4, 0.5) is 11.4 Å². The molecule has 1 aromatic heterocycles. The van der Waals surface area contributed by atoms with Crippen molar-refractivity contribution in [3.05, 3.63) is 69.7 Å². The van der Waals surface area contributed by atoms with E-state index >= 15 is 0 Å². The molecular weight excluding hydrogens is 454 g/mol. The third-order valence-corrected chi connectivity index (χ3v) is 5.16. The molecule has 3 aromatic carbocycles. The average Bonchev–Trinajstić information content (AvgIpc) is 3.13. The van der Waals surface area contributed by atoms with Crippen LogP contribution in [-0.4, -0.2) is 30.4 Å². The number of hydrogen-bond acceptors (Lipinski definition) is 5. The number of fused-ring (bicyclic) bond motifs is 1. The van der Waals surface area contributed by atoms with E-state index < -0.39 is 0 Å². The van der Waals surface area contributed by atoms with E-state index in [0.717, 1.165) is 15.7 Å². The molecule has 7 heteroatoms. The largest absolute Gasteiger partial charge is 0.506 e. The molecule has 0 unspecified atom stereocenters. The molecule has 0 fully saturated rings. The SMILES string of the molecule is CN(C)c1ccc(-c2nc3cc(N=Cc4cc(Br)cc(Cl)c4O)ccc3o2)cc1. The van der Waals surface area contributed by atoms with Crippen LogP contribution in [0.1, 0.15) is 5.56 Å². The Morgan fingerprint density at radius 2 is 1.86 bits per heavy atom. The van der Waals surface area contributed by atoms with Gasteiger partial charge in [0.2, 0.25) is 5.89 Å². The number of aliphatic imine (C=N–C) groups is 1. The minimum Gasteiger partial charge on any atom is -0.506 e. The monoisotopic (exact) mass is 469 g/mol. The van der Waals surface area contributed by atoms with E-state index in [9.17, 15) is 5.11 Å². The number of aromatic hydroxyl groups is 1. The summed E-state index contributed by atoms with van der Waals surface area (Å²) < 4.78 is 6.65. The summed E-state index contributed by atoms with van der Waals surface area (Å²) in [5.41, 5.74) is 4.62. The molecule has 0 aliphatic heterocycles. The van der Waals surface area contributed by atoms with Crippen molar-refractivity contribution in [1.29, 1.82) is 0 Å². The number of benzene rings is 3. The molecule has 0 aliphatic carbocycles. The molecule has 0 saturated carbocycles. The Balaban J connectivity index is 1.63. The van der Waals surface area contributed by atoms with Crippen molar-refractivity contribution in [2.45, 2.75) is 0 Å². The lowest BCUT2D eigenvalue weighted by molar-refractivity contribution is 0.474. The number of halogens is 2. The maximum Gasteiger partial charge on any atom is 0.227 e. The van der Waals surface area contributed by atoms with E-state index in [1.165, 1.54) is 0 Å². The van der Waals surface area contributed by atoms with Crippen LogP contribution in [0.5, 0.6) is 5.75 Å². The van der Waals surface area contributed by atoms with Gasteiger partial charge in [0.25, 0.3) is 0 Å². The highest BCUT2D eigenvalue weighted by atomic mass is 79.9. The highest BCUT2D eigenvalue weighted by molar-refractivity contribution is 9.10. The van der Waals surface area contributed by atoms with E-state index in [0.29, 0.717) is 28.2 Å². The van der Waals surface area contributed by atoms with Crippen LogP contribution >= 0.6 is 27.5 Å². The van der Waals surface area contributed by atoms with E-state index in [-0.39, 0.29) is 10.8 Å². The van der Waals surface area contributed by atoms with Gasteiger partial charge in [0.1, 0.15) is 11.3 Å². The van der Waals surface area contributed by atoms with Gasteiger partial charge in [-0.25, -0.2) is 4.98 Å². The van der Waals surface area contributed by atoms with Crippen LogP contribution in [0, 0.1) is 0 Å². The van der Waals surface area contributed by atoms with Crippen LogP contribution in [-0.2, 0) is 0 Å². The first kappa shape index (κ1) is 19.5. The fraction of sp³-hybridized carbons (Fsp3) is 0.0909. The van der Waals surface area contributed by atoms with Gasteiger partial charge in [0.15, 0.2) is 5.58 Å². The van der Waals surface area contributed by atoms with Gasteiger partial charge in [-0.05, 0) is 54.6 Å². The Labute approximate surface area is 181 Å². The summed E-state index contributed by atoms with van der Waals surface area (Å²) in [6.07, 6.45) is 1.56. The third kappa shape index (κ3) is 4.13. The Bertz CT molecular complexity index is 1220. The zero-order chi connectivity index (χ0) is 20.5. The first-order chi connectivity index (χ1) is 13.9. The number of aromatic nitrogens is 1. The summed E-state index contributed by atoms with van der Waals surface area (Å²) in [7, 11) is 4.00. The minimum absolute atomic E-state index is 0.00964. The maximum absolute atomic E-state index is 10.1. The molecule has 0 radical (unpaired) electrons. The fourth-order valence-corrected chi connectivity index (χ4v) is 3.68. The summed E-state index contributed by atoms with van der Waals surface area (Å²) in [6, 6.07) is 16.9. The summed E-state index contributed by atoms with van der Waals surface area (Å²) in [5.74, 6) is 0.549. The van der Waals surface area contributed by atoms with Crippen LogP contribution in [0.25, 0.3) is 22.6 Å². The predicted molar refractivity (Wildman–Crippen MR) is 122 cm³/mol. The van der Waals surface area contributed by atoms with Crippen molar-refractivity contribution in [3.63, 3.8) is 0 Å². The quantitative estimate of drug-likeness (QED) is 0.349. The summed E-state index contributed by atoms with van der Waals surface area (Å²) in [5, 5.41) is 10.3. The number of phenolic OH excluding ortho intramolecular Hbond substituents is 1. The Morgan fingerprint density at radius 3 is 2.59 bits per heavy atom. The van der Waals surface area contributed by atoms with Gasteiger partial charge < -0.3 is 14.4 Å². The minimum atomic E-state index is -0.00964. The normalized spacial score (nSPS) is 11.4. The first-order valence-electron chi connectivity index (χ1n) is 8.81. The van der Waals surface area contributed by atoms with Gasteiger partial charge in [0, 0.05) is 41.6 Å². The highest BCUT2D eigenvalue weighted by Gasteiger charge is 2.10. The zero-order valence-corrected chi connectivity index (χ0v) is 18.1. The molecule has 1 heterocycles. The summed E-state index contributed by atoms with van der Waals surface area (Å²) >= 11 is 9.36. The second-order valence-corrected chi connectivity index (χ2v) is 8.02. The van der Waals surface area contributed by atoms with Gasteiger partial charge in [-0.15, -0.1) is 0 Å². The molecule has 146 valence electrons. The van der Waals surface area contributed by atoms with Crippen molar-refractivity contribution < 1.29 is 9.52 Å². The van der Waals surface area contributed by atoms with Crippen molar-refractivity contribution in [1.82, 2.24) is 4.98 Å². The lowest BCUT2D eigenvalue weighted by atomic mass is 10.2. The summed E-state index contributed by atoms with van der Waals surface area (Å²) in [6.45, 7) is 0. The van der Waals surface area contributed by atoms with Gasteiger partial charge in [-0.2, -0.15) is 0 Å². The van der Waals surface area contributed by atoms with E-state index in [4.69, 9.17) is 16.0 Å². The van der Waals surface area contributed by atoms with E-state index in [2.05, 4.69) is 25.9 Å². The standard InChI is InChI=1S/C22H17BrClN3O2/c1-27(2)17-6-3-13(4-7-17)22-26-19-11-16(5-8-20(19)29-22)25-12-14-9-15(23)10-18(24)21(14)28/h3-12,28H,1-2H3. The molecule has 4 aromatic rings. The molecule has 29 heavy (non-hydrogen) atoms. The van der Waals surface area contributed by atoms with E-state index in [1.54, 1.807) is 18.3 Å². The molecule has 5 nitrogen and oxygen atoms in total. The first-order valence-corrected chi connectivity index (χ1v) is 9.98. The van der Waals surface area contributed by atoms with Gasteiger partial charge >= 0.3 is 0 Å². The molecule has 0 bridgehead atoms. The Hall–Kier alpha value is -2.83. The topological polar surface area (TPSA) is 61.9 Å². The smallest absolute Gasteiger partial charge is 0.227 e. The van der Waals surface area contributed by atoms with Crippen LogP contribution in [0.2, 0.25) is 5.02 Å². The van der Waals surface area contributed by atoms with Crippen molar-refractivity contribution >= 4 is 56.2 Å². The molecule has 1 N–H and O–H groups in total. The Morgan fingerprint density at radius 1 is 1.10 bits per heavy atom. The number of hydrogen-bond donors (Lipinski definition) is 1. The third-order valence-electron chi connectivity index (χ3n) is 4.41. The van der Waals surface area contributed by atoms with Gasteiger partial charge in [-0.1, -0.05) is 27.5 Å². The summed E-state index contributed by atoms with van der Waals surface area (Å²) in [4.78, 5) is 11.1. The molecule has 0 atom stereocenters. The molecule has 0 aliphatic rings. The lowest BCUT2D eigenvalue weighted by Crippen LogP contribution is -2.07. The van der Waals surface area contributed by atoms with Gasteiger partial charge in [0.05, 0.1) is 10.7 Å². The predicted octanol–water partition coefficient (Wildman–Crippen LogP) is 6.43. The molecule has 0 amide bonds. The molecular formula is C22H17BrClN3O2. The van der Waals surface area contributed by atoms with Crippen LogP contribution in [0.15, 0.2) is 68.5 Å². The Kier molecular flexibility index (Phi) is 5.30. The number of anilines is 1. The molecule has 4 rings (SSSR count). The number of nitrogens with zero attached hydrogens (tertiary/aromatic N) is 3. The molecule has 0 saturated heterocycles. The van der Waals surface area contributed by atoms with Crippen LogP contribution < -0.4 is 4.90 Å². The van der Waals surface area contributed by atoms with Crippen molar-refractivity contribution in [2.75, 3.05) is 19.0 Å². The van der Waals surface area contributed by atoms with Crippen LogP contribution in [0.3, 0.4) is 0 Å². The van der Waals surface area contributed by atoms with E-state index in [1.807, 2.05) is 61.5 Å². The maximum atomic E-state index is 10.1. The van der Waals surface area contributed by atoms with Crippen molar-refractivity contribution in [2.24, 2.45) is 4.99 Å². The van der Waals surface area contributed by atoms with Gasteiger partial charge in [-0.3, -0.25) is 4.99 Å². The fourth-order valence-electron chi connectivity index (χ4n) is 2.85. The number of phenols is 1.